The van der Waals surface area contributed by atoms with Gasteiger partial charge in [0.15, 0.2) is 6.10 Å². The first-order chi connectivity index (χ1) is 15.3. The summed E-state index contributed by atoms with van der Waals surface area (Å²) >= 11 is 0. The highest BCUT2D eigenvalue weighted by Gasteiger charge is 2.75. The minimum atomic E-state index is -0.378. The minimum absolute atomic E-state index is 0.0923. The van der Waals surface area contributed by atoms with Gasteiger partial charge in [0.05, 0.1) is 0 Å². The highest BCUT2D eigenvalue weighted by molar-refractivity contribution is 5.78. The minimum Gasteiger partial charge on any atom is -0.433 e. The summed E-state index contributed by atoms with van der Waals surface area (Å²) in [6, 6.07) is 0. The molecule has 3 nitrogen and oxygen atoms in total. The molecule has 184 valence electrons. The van der Waals surface area contributed by atoms with Gasteiger partial charge in [-0.2, -0.15) is 0 Å². The zero-order valence-corrected chi connectivity index (χ0v) is 22.1. The zero-order valence-electron chi connectivity index (χ0n) is 22.1. The molecule has 0 spiro atoms. The third-order valence-electron chi connectivity index (χ3n) is 13.5. The van der Waals surface area contributed by atoms with Crippen molar-refractivity contribution in [2.24, 2.45) is 56.7 Å². The van der Waals surface area contributed by atoms with Gasteiger partial charge >= 0.3 is 5.97 Å². The van der Waals surface area contributed by atoms with Gasteiger partial charge in [0.2, 0.25) is 6.29 Å². The highest BCUT2D eigenvalue weighted by atomic mass is 16.8. The van der Waals surface area contributed by atoms with E-state index in [4.69, 9.17) is 9.47 Å². The van der Waals surface area contributed by atoms with Crippen molar-refractivity contribution in [2.45, 2.75) is 112 Å². The van der Waals surface area contributed by atoms with Crippen LogP contribution in [0.25, 0.3) is 0 Å². The van der Waals surface area contributed by atoms with Crippen LogP contribution >= 0.6 is 0 Å². The molecule has 4 saturated carbocycles. The molecule has 0 aromatic heterocycles. The molecular formula is C30H46O3. The van der Waals surface area contributed by atoms with E-state index in [0.717, 1.165) is 17.8 Å². The predicted molar refractivity (Wildman–Crippen MR) is 130 cm³/mol. The quantitative estimate of drug-likeness (QED) is 0.312. The summed E-state index contributed by atoms with van der Waals surface area (Å²) in [5.74, 6) is 3.20. The smallest absolute Gasteiger partial charge is 0.338 e. The van der Waals surface area contributed by atoms with Crippen LogP contribution in [-0.4, -0.2) is 18.4 Å². The number of allylic oxidation sites excluding steroid dienone is 1. The maximum absolute atomic E-state index is 13.1. The molecule has 6 rings (SSSR count). The van der Waals surface area contributed by atoms with Crippen LogP contribution in [0.2, 0.25) is 0 Å². The Morgan fingerprint density at radius 1 is 0.848 bits per heavy atom. The van der Waals surface area contributed by atoms with E-state index in [1.165, 1.54) is 56.9 Å². The summed E-state index contributed by atoms with van der Waals surface area (Å²) in [6.45, 7) is 21.6. The lowest BCUT2D eigenvalue weighted by Gasteiger charge is -2.73. The van der Waals surface area contributed by atoms with Gasteiger partial charge in [-0.1, -0.05) is 53.7 Å². The molecule has 2 bridgehead atoms. The fourth-order valence-electron chi connectivity index (χ4n) is 11.9. The Bertz CT molecular complexity index is 906. The lowest BCUT2D eigenvalue weighted by molar-refractivity contribution is -0.298. The van der Waals surface area contributed by atoms with Crippen LogP contribution in [-0.2, 0) is 14.3 Å². The summed E-state index contributed by atoms with van der Waals surface area (Å²) in [5.41, 5.74) is 2.15. The van der Waals surface area contributed by atoms with E-state index in [2.05, 4.69) is 55.0 Å². The van der Waals surface area contributed by atoms with E-state index < -0.39 is 0 Å². The van der Waals surface area contributed by atoms with E-state index >= 15 is 0 Å². The molecule has 3 heteroatoms. The van der Waals surface area contributed by atoms with Crippen molar-refractivity contribution in [2.75, 3.05) is 0 Å². The Morgan fingerprint density at radius 2 is 1.48 bits per heavy atom. The van der Waals surface area contributed by atoms with Gasteiger partial charge in [0, 0.05) is 10.8 Å². The van der Waals surface area contributed by atoms with Crippen LogP contribution in [0.1, 0.15) is 99.8 Å². The van der Waals surface area contributed by atoms with Gasteiger partial charge in [0.25, 0.3) is 0 Å². The second-order valence-electron chi connectivity index (χ2n) is 14.7. The molecule has 2 aliphatic heterocycles. The summed E-state index contributed by atoms with van der Waals surface area (Å²) in [4.78, 5) is 13.1. The lowest BCUT2D eigenvalue weighted by Crippen LogP contribution is -2.69. The van der Waals surface area contributed by atoms with Crippen molar-refractivity contribution in [3.8, 4) is 0 Å². The summed E-state index contributed by atoms with van der Waals surface area (Å²) in [5, 5.41) is 0. The third kappa shape index (κ3) is 2.40. The molecular weight excluding hydrogens is 408 g/mol. The van der Waals surface area contributed by atoms with Crippen LogP contribution in [0.15, 0.2) is 12.2 Å². The number of esters is 1. The lowest BCUT2D eigenvalue weighted by atomic mass is 9.32. The number of rotatable bonds is 1. The van der Waals surface area contributed by atoms with Gasteiger partial charge in [-0.15, -0.1) is 0 Å². The summed E-state index contributed by atoms with van der Waals surface area (Å²) in [7, 11) is 0. The molecule has 0 N–H and O–H groups in total. The Hall–Kier alpha value is -0.830. The average Bonchev–Trinajstić information content (AvgIpc) is 3.27. The number of hydrogen-bond acceptors (Lipinski definition) is 3. The molecule has 0 aromatic rings. The zero-order chi connectivity index (χ0) is 23.8. The number of fused-ring (bicyclic) bond motifs is 10. The average molecular weight is 455 g/mol. The number of ether oxygens (including phenoxy) is 2. The Balaban J connectivity index is 1.42. The number of carbonyl (C=O) groups is 1. The predicted octanol–water partition coefficient (Wildman–Crippen LogP) is 7.15. The first-order valence-corrected chi connectivity index (χ1v) is 13.8. The molecule has 2 saturated heterocycles. The largest absolute Gasteiger partial charge is 0.433 e. The maximum Gasteiger partial charge on any atom is 0.338 e. The van der Waals surface area contributed by atoms with Crippen LogP contribution in [0, 0.1) is 56.7 Å². The first-order valence-electron chi connectivity index (χ1n) is 13.8. The van der Waals surface area contributed by atoms with E-state index in [-0.39, 0.29) is 34.6 Å². The molecule has 33 heavy (non-hydrogen) atoms. The molecule has 2 heterocycles. The molecule has 4 aliphatic carbocycles. The SMILES string of the molecule is C=C(C)[C@@H]1CC[C@]2(C)[C@H]3CC[C@H]4[C@@]5(C)[C@@H]6O[C@@H](OC6=O)C(C)(C)[C@H]5CC[C@@]4(C)[C@]3(C)CC[C@@H]12. The number of carbonyl (C=O) groups excluding carboxylic acids is 1. The molecule has 0 unspecified atom stereocenters. The van der Waals surface area contributed by atoms with Crippen molar-refractivity contribution in [3.05, 3.63) is 12.2 Å². The first kappa shape index (κ1) is 22.6. The fourth-order valence-corrected chi connectivity index (χ4v) is 11.9. The van der Waals surface area contributed by atoms with Gasteiger partial charge < -0.3 is 9.47 Å². The molecule has 0 radical (unpaired) electrons. The van der Waals surface area contributed by atoms with Crippen molar-refractivity contribution >= 4 is 5.97 Å². The maximum atomic E-state index is 13.1. The van der Waals surface area contributed by atoms with Gasteiger partial charge in [-0.25, -0.2) is 4.79 Å². The van der Waals surface area contributed by atoms with Crippen LogP contribution in [0.4, 0.5) is 0 Å². The molecule has 0 amide bonds. The number of hydrogen-bond donors (Lipinski definition) is 0. The molecule has 11 atom stereocenters. The highest BCUT2D eigenvalue weighted by Crippen LogP contribution is 2.78. The third-order valence-corrected chi connectivity index (χ3v) is 13.5. The normalized spacial score (nSPS) is 58.5. The van der Waals surface area contributed by atoms with Crippen molar-refractivity contribution in [1.29, 1.82) is 0 Å². The molecule has 6 fully saturated rings. The van der Waals surface area contributed by atoms with Crippen LogP contribution in [0.3, 0.4) is 0 Å². The van der Waals surface area contributed by atoms with Gasteiger partial charge in [0.1, 0.15) is 0 Å². The summed E-state index contributed by atoms with van der Waals surface area (Å²) in [6.07, 6.45) is 9.65. The standard InChI is InChI=1S/C30H46O3/c1-17(2)18-11-14-27(5)19(18)12-15-28(6)21(27)9-10-22-29(28,7)16-13-20-26(3,4)25-32-23(24(31)33-25)30(20,22)8/h18-23,25H,1,9-16H2,2-8H3/t18-,19-,20+,21+,22+,23+,25-,27-,28+,29+,30-/m0/s1. The molecule has 0 aromatic carbocycles. The second-order valence-corrected chi connectivity index (χ2v) is 14.7. The Kier molecular flexibility index (Phi) is 4.44. The van der Waals surface area contributed by atoms with E-state index in [1.54, 1.807) is 0 Å². The van der Waals surface area contributed by atoms with Crippen LogP contribution < -0.4 is 0 Å². The van der Waals surface area contributed by atoms with Crippen molar-refractivity contribution < 1.29 is 14.3 Å². The van der Waals surface area contributed by atoms with E-state index in [9.17, 15) is 4.79 Å². The van der Waals surface area contributed by atoms with Gasteiger partial charge in [-0.3, -0.25) is 0 Å². The Morgan fingerprint density at radius 3 is 2.18 bits per heavy atom. The fraction of sp³-hybridized carbons (Fsp3) is 0.900. The van der Waals surface area contributed by atoms with Crippen molar-refractivity contribution in [1.82, 2.24) is 0 Å². The van der Waals surface area contributed by atoms with Gasteiger partial charge in [-0.05, 0) is 104 Å². The molecule has 6 aliphatic rings. The van der Waals surface area contributed by atoms with Crippen LogP contribution in [0.5, 0.6) is 0 Å². The van der Waals surface area contributed by atoms with E-state index in [1.807, 2.05) is 0 Å². The Labute approximate surface area is 201 Å². The summed E-state index contributed by atoms with van der Waals surface area (Å²) < 4.78 is 12.2. The van der Waals surface area contributed by atoms with E-state index in [0.29, 0.717) is 22.7 Å². The monoisotopic (exact) mass is 454 g/mol. The topological polar surface area (TPSA) is 35.5 Å². The van der Waals surface area contributed by atoms with Crippen molar-refractivity contribution in [3.63, 3.8) is 0 Å². The second kappa shape index (κ2) is 6.48.